The van der Waals surface area contributed by atoms with Crippen molar-refractivity contribution in [1.82, 2.24) is 9.62 Å². The molecule has 1 aliphatic carbocycles. The van der Waals surface area contributed by atoms with Gasteiger partial charge in [-0.2, -0.15) is 0 Å². The molecule has 2 atom stereocenters. The summed E-state index contributed by atoms with van der Waals surface area (Å²) in [6.45, 7) is 2.92. The fourth-order valence-corrected chi connectivity index (χ4v) is 5.75. The third-order valence-electron chi connectivity index (χ3n) is 6.45. The van der Waals surface area contributed by atoms with Crippen LogP contribution in [-0.4, -0.2) is 56.8 Å². The number of rotatable bonds is 8. The van der Waals surface area contributed by atoms with Crippen molar-refractivity contribution in [2.24, 2.45) is 0 Å². The minimum absolute atomic E-state index is 0.0481. The van der Waals surface area contributed by atoms with Gasteiger partial charge in [-0.1, -0.05) is 25.1 Å². The Bertz CT molecular complexity index is 840. The van der Waals surface area contributed by atoms with Crippen LogP contribution in [0.5, 0.6) is 0 Å². The van der Waals surface area contributed by atoms with Crippen LogP contribution in [0.3, 0.4) is 0 Å². The van der Waals surface area contributed by atoms with E-state index in [4.69, 9.17) is 4.74 Å². The molecule has 1 saturated carbocycles. The minimum Gasteiger partial charge on any atom is -0.376 e. The second-order valence-corrected chi connectivity index (χ2v) is 10.7. The van der Waals surface area contributed by atoms with Crippen LogP contribution in [0.1, 0.15) is 69.8 Å². The Morgan fingerprint density at radius 2 is 1.90 bits per heavy atom. The number of amides is 1. The maximum absolute atomic E-state index is 14.1. The Balaban J connectivity index is 1.61. The first kappa shape index (κ1) is 24.1. The van der Waals surface area contributed by atoms with Crippen molar-refractivity contribution >= 4 is 15.9 Å². The number of carbonyl (C=O) groups is 1. The van der Waals surface area contributed by atoms with Gasteiger partial charge in [0, 0.05) is 19.0 Å². The Morgan fingerprint density at radius 1 is 1.19 bits per heavy atom. The van der Waals surface area contributed by atoms with Gasteiger partial charge in [-0.3, -0.25) is 4.79 Å². The smallest absolute Gasteiger partial charge is 0.222 e. The molecule has 0 radical (unpaired) electrons. The molecule has 1 N–H and O–H groups in total. The van der Waals surface area contributed by atoms with E-state index < -0.39 is 10.0 Å². The molecule has 0 spiro atoms. The Labute approximate surface area is 185 Å². The highest BCUT2D eigenvalue weighted by atomic mass is 32.2. The molecule has 1 heterocycles. The van der Waals surface area contributed by atoms with Gasteiger partial charge in [0.05, 0.1) is 25.0 Å². The number of nitrogens with one attached hydrogen (secondary N) is 1. The first-order valence-electron chi connectivity index (χ1n) is 11.4. The largest absolute Gasteiger partial charge is 0.376 e. The number of likely N-dealkylation sites (tertiary alicyclic amines) is 1. The summed E-state index contributed by atoms with van der Waals surface area (Å²) in [4.78, 5) is 14.5. The second kappa shape index (κ2) is 10.9. The van der Waals surface area contributed by atoms with Crippen LogP contribution in [0, 0.1) is 5.82 Å². The number of hydrogen-bond acceptors (Lipinski definition) is 4. The molecule has 6 nitrogen and oxygen atoms in total. The summed E-state index contributed by atoms with van der Waals surface area (Å²) in [6.07, 6.45) is 7.26. The van der Waals surface area contributed by atoms with Crippen LogP contribution in [-0.2, 0) is 19.6 Å². The number of benzene rings is 1. The third kappa shape index (κ3) is 6.73. The number of hydrogen-bond donors (Lipinski definition) is 1. The predicted molar refractivity (Wildman–Crippen MR) is 119 cm³/mol. The SMILES string of the molecule is CCCC(=O)N1CCC[C@H](NS(C)(=O)=O)[C@@H]1COC1CCC(c2ccccc2F)CC1. The van der Waals surface area contributed by atoms with Crippen LogP contribution in [0.2, 0.25) is 0 Å². The molecule has 1 aromatic carbocycles. The lowest BCUT2D eigenvalue weighted by Crippen LogP contribution is -2.59. The molecule has 0 aromatic heterocycles. The average Bonchev–Trinajstić information content (AvgIpc) is 2.72. The van der Waals surface area contributed by atoms with E-state index in [-0.39, 0.29) is 35.8 Å². The van der Waals surface area contributed by atoms with Crippen LogP contribution < -0.4 is 4.72 Å². The van der Waals surface area contributed by atoms with E-state index in [1.807, 2.05) is 19.1 Å². The fraction of sp³-hybridized carbons (Fsp3) is 0.696. The average molecular weight is 455 g/mol. The molecule has 3 rings (SSSR count). The zero-order chi connectivity index (χ0) is 22.4. The highest BCUT2D eigenvalue weighted by Crippen LogP contribution is 2.35. The highest BCUT2D eigenvalue weighted by Gasteiger charge is 2.36. The maximum atomic E-state index is 14.1. The molecule has 174 valence electrons. The molecular formula is C23H35FN2O4S. The Hall–Kier alpha value is -1.51. The van der Waals surface area contributed by atoms with Crippen molar-refractivity contribution in [2.45, 2.75) is 82.4 Å². The number of ether oxygens (including phenoxy) is 1. The molecule has 0 bridgehead atoms. The summed E-state index contributed by atoms with van der Waals surface area (Å²) >= 11 is 0. The maximum Gasteiger partial charge on any atom is 0.222 e. The lowest BCUT2D eigenvalue weighted by Gasteiger charge is -2.42. The van der Waals surface area contributed by atoms with Gasteiger partial charge in [-0.25, -0.2) is 17.5 Å². The molecule has 2 fully saturated rings. The zero-order valence-electron chi connectivity index (χ0n) is 18.6. The molecule has 1 amide bonds. The van der Waals surface area contributed by atoms with Gasteiger partial charge >= 0.3 is 0 Å². The first-order chi connectivity index (χ1) is 14.8. The molecule has 1 saturated heterocycles. The lowest BCUT2D eigenvalue weighted by molar-refractivity contribution is -0.138. The van der Waals surface area contributed by atoms with E-state index in [9.17, 15) is 17.6 Å². The first-order valence-corrected chi connectivity index (χ1v) is 13.3. The van der Waals surface area contributed by atoms with Crippen LogP contribution in [0.15, 0.2) is 24.3 Å². The van der Waals surface area contributed by atoms with Crippen molar-refractivity contribution in [3.63, 3.8) is 0 Å². The zero-order valence-corrected chi connectivity index (χ0v) is 19.4. The molecule has 31 heavy (non-hydrogen) atoms. The second-order valence-electron chi connectivity index (χ2n) is 8.87. The monoisotopic (exact) mass is 454 g/mol. The summed E-state index contributed by atoms with van der Waals surface area (Å²) in [7, 11) is -3.38. The number of piperidine rings is 1. The molecular weight excluding hydrogens is 419 g/mol. The summed E-state index contributed by atoms with van der Waals surface area (Å²) in [5, 5.41) is 0. The van der Waals surface area contributed by atoms with E-state index >= 15 is 0 Å². The van der Waals surface area contributed by atoms with Gasteiger partial charge in [-0.05, 0) is 62.5 Å². The van der Waals surface area contributed by atoms with Gasteiger partial charge in [0.15, 0.2) is 0 Å². The molecule has 0 unspecified atom stereocenters. The van der Waals surface area contributed by atoms with E-state index in [1.165, 1.54) is 6.07 Å². The summed E-state index contributed by atoms with van der Waals surface area (Å²) in [5.41, 5.74) is 0.780. The topological polar surface area (TPSA) is 75.7 Å². The fourth-order valence-electron chi connectivity index (χ4n) is 4.92. The predicted octanol–water partition coefficient (Wildman–Crippen LogP) is 3.58. The van der Waals surface area contributed by atoms with Crippen molar-refractivity contribution in [3.8, 4) is 0 Å². The van der Waals surface area contributed by atoms with Crippen molar-refractivity contribution in [1.29, 1.82) is 0 Å². The van der Waals surface area contributed by atoms with Gasteiger partial charge < -0.3 is 9.64 Å². The Morgan fingerprint density at radius 3 is 2.55 bits per heavy atom. The van der Waals surface area contributed by atoms with Crippen LogP contribution in [0.25, 0.3) is 0 Å². The van der Waals surface area contributed by atoms with E-state index in [1.54, 1.807) is 11.0 Å². The summed E-state index contributed by atoms with van der Waals surface area (Å²) in [6, 6.07) is 6.33. The minimum atomic E-state index is -3.38. The normalized spacial score (nSPS) is 27.3. The van der Waals surface area contributed by atoms with Gasteiger partial charge in [0.1, 0.15) is 5.82 Å². The highest BCUT2D eigenvalue weighted by molar-refractivity contribution is 7.88. The standard InChI is InChI=1S/C23H35FN2O4S/c1-3-7-23(27)26-15-6-10-21(25-31(2,28)29)22(26)16-30-18-13-11-17(12-14-18)19-8-4-5-9-20(19)24/h4-5,8-9,17-18,21-22,25H,3,6-7,10-16H2,1-2H3/t17?,18?,21-,22-/m0/s1. The van der Waals surface area contributed by atoms with Gasteiger partial charge in [0.25, 0.3) is 0 Å². The Kier molecular flexibility index (Phi) is 8.47. The van der Waals surface area contributed by atoms with Crippen LogP contribution >= 0.6 is 0 Å². The lowest BCUT2D eigenvalue weighted by atomic mass is 9.82. The van der Waals surface area contributed by atoms with E-state index in [2.05, 4.69) is 4.72 Å². The van der Waals surface area contributed by atoms with Crippen molar-refractivity contribution in [3.05, 3.63) is 35.6 Å². The van der Waals surface area contributed by atoms with Crippen molar-refractivity contribution in [2.75, 3.05) is 19.4 Å². The molecule has 1 aliphatic heterocycles. The molecule has 2 aliphatic rings. The van der Waals surface area contributed by atoms with Gasteiger partial charge in [-0.15, -0.1) is 0 Å². The number of halogens is 1. The number of carbonyl (C=O) groups excluding carboxylic acids is 1. The third-order valence-corrected chi connectivity index (χ3v) is 7.18. The molecule has 8 heteroatoms. The van der Waals surface area contributed by atoms with E-state index in [0.717, 1.165) is 50.3 Å². The number of nitrogens with zero attached hydrogens (tertiary/aromatic N) is 1. The van der Waals surface area contributed by atoms with Crippen molar-refractivity contribution < 1.29 is 22.3 Å². The van der Waals surface area contributed by atoms with E-state index in [0.29, 0.717) is 26.0 Å². The summed E-state index contributed by atoms with van der Waals surface area (Å²) in [5.74, 6) is 0.117. The van der Waals surface area contributed by atoms with Crippen LogP contribution in [0.4, 0.5) is 4.39 Å². The quantitative estimate of drug-likeness (QED) is 0.652. The van der Waals surface area contributed by atoms with Gasteiger partial charge in [0.2, 0.25) is 15.9 Å². The summed E-state index contributed by atoms with van der Waals surface area (Å²) < 4.78 is 46.8. The number of sulfonamides is 1. The molecule has 1 aromatic rings.